The van der Waals surface area contributed by atoms with Gasteiger partial charge in [-0.3, -0.25) is 0 Å². The van der Waals surface area contributed by atoms with Crippen LogP contribution in [-0.2, 0) is 4.74 Å². The van der Waals surface area contributed by atoms with E-state index in [4.69, 9.17) is 14.9 Å². The van der Waals surface area contributed by atoms with Gasteiger partial charge in [-0.15, -0.1) is 0 Å². The monoisotopic (exact) mass is 190 g/mol. The molecule has 1 aliphatic carbocycles. The molecule has 0 heterocycles. The lowest BCUT2D eigenvalue weighted by Gasteiger charge is -2.19. The van der Waals surface area contributed by atoms with Crippen molar-refractivity contribution in [3.63, 3.8) is 0 Å². The zero-order valence-corrected chi connectivity index (χ0v) is 8.70. The Balaban J connectivity index is 0.000000252. The first-order valence-electron chi connectivity index (χ1n) is 5.02. The first-order chi connectivity index (χ1) is 6.20. The zero-order valence-electron chi connectivity index (χ0n) is 8.70. The maximum absolute atomic E-state index is 8.11. The first-order valence-corrected chi connectivity index (χ1v) is 5.02. The van der Waals surface area contributed by atoms with Gasteiger partial charge in [-0.25, -0.2) is 0 Å². The predicted molar refractivity (Wildman–Crippen MR) is 52.6 cm³/mol. The SMILES string of the molecule is CC(O)CO.COC1CCCCC1. The maximum atomic E-state index is 8.11. The van der Waals surface area contributed by atoms with E-state index in [1.165, 1.54) is 39.0 Å². The Hall–Kier alpha value is -0.120. The first kappa shape index (κ1) is 12.9. The Morgan fingerprint density at radius 3 is 2.00 bits per heavy atom. The van der Waals surface area contributed by atoms with Gasteiger partial charge in [0.25, 0.3) is 0 Å². The van der Waals surface area contributed by atoms with E-state index in [-0.39, 0.29) is 6.61 Å². The van der Waals surface area contributed by atoms with Crippen molar-refractivity contribution in [2.75, 3.05) is 13.7 Å². The predicted octanol–water partition coefficient (Wildman–Crippen LogP) is 1.32. The van der Waals surface area contributed by atoms with E-state index < -0.39 is 6.10 Å². The standard InChI is InChI=1S/C7H14O.C3H8O2/c1-8-7-5-3-2-4-6-7;1-3(5)2-4/h7H,2-6H2,1H3;3-5H,2H2,1H3. The molecule has 0 aromatic heterocycles. The molecule has 0 saturated heterocycles. The Bertz CT molecular complexity index is 98.3. The smallest absolute Gasteiger partial charge is 0.0742 e. The second-order valence-corrected chi connectivity index (χ2v) is 3.53. The van der Waals surface area contributed by atoms with Gasteiger partial charge in [-0.2, -0.15) is 0 Å². The topological polar surface area (TPSA) is 49.7 Å². The number of hydrogen-bond donors (Lipinski definition) is 2. The molecule has 3 heteroatoms. The van der Waals surface area contributed by atoms with Crippen molar-refractivity contribution in [1.82, 2.24) is 0 Å². The van der Waals surface area contributed by atoms with Crippen LogP contribution in [0.25, 0.3) is 0 Å². The van der Waals surface area contributed by atoms with Gasteiger partial charge < -0.3 is 14.9 Å². The fraction of sp³-hybridized carbons (Fsp3) is 1.00. The highest BCUT2D eigenvalue weighted by Gasteiger charge is 2.10. The van der Waals surface area contributed by atoms with Crippen LogP contribution >= 0.6 is 0 Å². The molecule has 1 atom stereocenters. The molecule has 0 amide bonds. The van der Waals surface area contributed by atoms with Crippen LogP contribution in [0.1, 0.15) is 39.0 Å². The highest BCUT2D eigenvalue weighted by molar-refractivity contribution is 4.63. The van der Waals surface area contributed by atoms with Gasteiger partial charge in [0.15, 0.2) is 0 Å². The third-order valence-electron chi connectivity index (χ3n) is 2.15. The molecule has 0 bridgehead atoms. The van der Waals surface area contributed by atoms with E-state index in [0.717, 1.165) is 0 Å². The molecule has 0 radical (unpaired) electrons. The van der Waals surface area contributed by atoms with Crippen LogP contribution in [0.4, 0.5) is 0 Å². The molecule has 0 aromatic carbocycles. The van der Waals surface area contributed by atoms with Crippen LogP contribution < -0.4 is 0 Å². The molecule has 2 N–H and O–H groups in total. The van der Waals surface area contributed by atoms with Crippen LogP contribution in [0.3, 0.4) is 0 Å². The highest BCUT2D eigenvalue weighted by Crippen LogP contribution is 2.18. The van der Waals surface area contributed by atoms with E-state index >= 15 is 0 Å². The summed E-state index contributed by atoms with van der Waals surface area (Å²) in [5.41, 5.74) is 0. The molecular formula is C10H22O3. The van der Waals surface area contributed by atoms with Gasteiger partial charge in [0, 0.05) is 7.11 Å². The molecule has 1 fully saturated rings. The average Bonchev–Trinajstić information content (AvgIpc) is 2.20. The molecule has 1 aliphatic rings. The summed E-state index contributed by atoms with van der Waals surface area (Å²) in [5, 5.41) is 16.0. The Kier molecular flexibility index (Phi) is 8.40. The van der Waals surface area contributed by atoms with Gasteiger partial charge in [-0.1, -0.05) is 19.3 Å². The van der Waals surface area contributed by atoms with Crippen LogP contribution in [0.5, 0.6) is 0 Å². The molecule has 3 nitrogen and oxygen atoms in total. The van der Waals surface area contributed by atoms with E-state index in [0.29, 0.717) is 6.10 Å². The van der Waals surface area contributed by atoms with Crippen molar-refractivity contribution < 1.29 is 14.9 Å². The van der Waals surface area contributed by atoms with Crippen LogP contribution in [0, 0.1) is 0 Å². The minimum absolute atomic E-state index is 0.139. The molecule has 80 valence electrons. The van der Waals surface area contributed by atoms with Crippen molar-refractivity contribution in [3.8, 4) is 0 Å². The Labute approximate surface area is 80.7 Å². The minimum Gasteiger partial charge on any atom is -0.394 e. The number of rotatable bonds is 2. The van der Waals surface area contributed by atoms with E-state index in [2.05, 4.69) is 0 Å². The van der Waals surface area contributed by atoms with Crippen molar-refractivity contribution in [3.05, 3.63) is 0 Å². The van der Waals surface area contributed by atoms with Crippen LogP contribution in [0.2, 0.25) is 0 Å². The molecule has 0 aliphatic heterocycles. The van der Waals surface area contributed by atoms with Crippen molar-refractivity contribution in [2.45, 2.75) is 51.2 Å². The number of aliphatic hydroxyl groups excluding tert-OH is 2. The third-order valence-corrected chi connectivity index (χ3v) is 2.15. The minimum atomic E-state index is -0.560. The summed E-state index contributed by atoms with van der Waals surface area (Å²) < 4.78 is 5.19. The van der Waals surface area contributed by atoms with E-state index in [9.17, 15) is 0 Å². The molecular weight excluding hydrogens is 168 g/mol. The number of hydrogen-bond acceptors (Lipinski definition) is 3. The van der Waals surface area contributed by atoms with Crippen LogP contribution in [0.15, 0.2) is 0 Å². The summed E-state index contributed by atoms with van der Waals surface area (Å²) in [4.78, 5) is 0. The number of ether oxygens (including phenoxy) is 1. The summed E-state index contributed by atoms with van der Waals surface area (Å²) >= 11 is 0. The molecule has 1 unspecified atom stereocenters. The van der Waals surface area contributed by atoms with Crippen LogP contribution in [-0.4, -0.2) is 36.1 Å². The van der Waals surface area contributed by atoms with Crippen molar-refractivity contribution in [1.29, 1.82) is 0 Å². The molecule has 0 spiro atoms. The van der Waals surface area contributed by atoms with E-state index in [1.54, 1.807) is 0 Å². The van der Waals surface area contributed by atoms with Gasteiger partial charge in [0.1, 0.15) is 0 Å². The summed E-state index contributed by atoms with van der Waals surface area (Å²) in [7, 11) is 1.82. The molecule has 1 saturated carbocycles. The number of methoxy groups -OCH3 is 1. The fourth-order valence-electron chi connectivity index (χ4n) is 1.30. The molecule has 0 aromatic rings. The Morgan fingerprint density at radius 2 is 1.77 bits per heavy atom. The second kappa shape index (κ2) is 8.48. The lowest BCUT2D eigenvalue weighted by molar-refractivity contribution is 0.0710. The third kappa shape index (κ3) is 8.22. The highest BCUT2D eigenvalue weighted by atomic mass is 16.5. The summed E-state index contributed by atoms with van der Waals surface area (Å²) in [6.07, 6.45) is 6.77. The lowest BCUT2D eigenvalue weighted by Crippen LogP contribution is -2.13. The summed E-state index contributed by atoms with van der Waals surface area (Å²) in [6, 6.07) is 0. The molecule has 1 rings (SSSR count). The quantitative estimate of drug-likeness (QED) is 0.690. The Morgan fingerprint density at radius 1 is 1.31 bits per heavy atom. The van der Waals surface area contributed by atoms with Gasteiger partial charge in [0.05, 0.1) is 18.8 Å². The van der Waals surface area contributed by atoms with Gasteiger partial charge in [0.2, 0.25) is 0 Å². The summed E-state index contributed by atoms with van der Waals surface area (Å²) in [6.45, 7) is 1.39. The zero-order chi connectivity index (χ0) is 10.1. The van der Waals surface area contributed by atoms with Gasteiger partial charge in [-0.05, 0) is 19.8 Å². The van der Waals surface area contributed by atoms with E-state index in [1.807, 2.05) is 7.11 Å². The average molecular weight is 190 g/mol. The number of aliphatic hydroxyl groups is 2. The molecule has 13 heavy (non-hydrogen) atoms. The summed E-state index contributed by atoms with van der Waals surface area (Å²) in [5.74, 6) is 0. The van der Waals surface area contributed by atoms with Gasteiger partial charge >= 0.3 is 0 Å². The fourth-order valence-corrected chi connectivity index (χ4v) is 1.30. The maximum Gasteiger partial charge on any atom is 0.0742 e. The largest absolute Gasteiger partial charge is 0.394 e. The lowest BCUT2D eigenvalue weighted by atomic mass is 9.98. The van der Waals surface area contributed by atoms with Crippen molar-refractivity contribution >= 4 is 0 Å². The normalized spacial score (nSPS) is 20.3. The second-order valence-electron chi connectivity index (χ2n) is 3.53. The van der Waals surface area contributed by atoms with Crippen molar-refractivity contribution in [2.24, 2.45) is 0 Å².